The van der Waals surface area contributed by atoms with Crippen LogP contribution >= 0.6 is 23.2 Å². The Morgan fingerprint density at radius 1 is 1.24 bits per heavy atom. The lowest BCUT2D eigenvalue weighted by Gasteiger charge is -2.07. The molecule has 6 heteroatoms. The summed E-state index contributed by atoms with van der Waals surface area (Å²) in [7, 11) is 0. The number of hydrogen-bond donors (Lipinski definition) is 0. The zero-order valence-electron chi connectivity index (χ0n) is 11.3. The summed E-state index contributed by atoms with van der Waals surface area (Å²) >= 11 is 12.1. The van der Waals surface area contributed by atoms with Crippen LogP contribution in [0, 0.1) is 0 Å². The molecule has 0 amide bonds. The fourth-order valence-electron chi connectivity index (χ4n) is 2.30. The first-order valence-corrected chi connectivity index (χ1v) is 7.44. The van der Waals surface area contributed by atoms with Gasteiger partial charge in [0, 0.05) is 6.54 Å². The molecule has 3 rings (SSSR count). The molecule has 4 nitrogen and oxygen atoms in total. The van der Waals surface area contributed by atoms with Gasteiger partial charge < -0.3 is 8.83 Å². The zero-order chi connectivity index (χ0) is 15.0. The molecule has 0 bridgehead atoms. The van der Waals surface area contributed by atoms with Crippen LogP contribution in [-0.2, 0) is 6.54 Å². The molecule has 110 valence electrons. The summed E-state index contributed by atoms with van der Waals surface area (Å²) in [5.74, 6) is 0.201. The van der Waals surface area contributed by atoms with E-state index in [2.05, 4.69) is 0 Å². The minimum absolute atomic E-state index is 0.289. The number of nitrogens with zero attached hydrogens (tertiary/aromatic N) is 1. The Kier molecular flexibility index (Phi) is 3.83. The van der Waals surface area contributed by atoms with Crippen LogP contribution in [0.4, 0.5) is 0 Å². The number of rotatable bonds is 4. The second kappa shape index (κ2) is 5.62. The Labute approximate surface area is 130 Å². The first kappa shape index (κ1) is 14.3. The Morgan fingerprint density at radius 3 is 2.71 bits per heavy atom. The lowest BCUT2D eigenvalue weighted by atomic mass is 10.1. The highest BCUT2D eigenvalue weighted by Gasteiger charge is 2.17. The summed E-state index contributed by atoms with van der Waals surface area (Å²) in [5.41, 5.74) is 2.08. The lowest BCUT2D eigenvalue weighted by Crippen LogP contribution is -2.13. The van der Waals surface area contributed by atoms with Crippen molar-refractivity contribution in [3.63, 3.8) is 0 Å². The summed E-state index contributed by atoms with van der Waals surface area (Å²) in [5, 5.41) is -0.195. The van der Waals surface area contributed by atoms with E-state index in [1.165, 1.54) is 0 Å². The second-order valence-corrected chi connectivity index (χ2v) is 5.56. The zero-order valence-corrected chi connectivity index (χ0v) is 12.8. The normalized spacial score (nSPS) is 12.9. The molecule has 0 aliphatic heterocycles. The van der Waals surface area contributed by atoms with E-state index in [-0.39, 0.29) is 11.0 Å². The highest BCUT2D eigenvalue weighted by Crippen LogP contribution is 2.32. The molecule has 0 fully saturated rings. The third-order valence-electron chi connectivity index (χ3n) is 3.28. The first-order valence-electron chi connectivity index (χ1n) is 6.62. The van der Waals surface area contributed by atoms with Crippen molar-refractivity contribution in [2.24, 2.45) is 0 Å². The number of alkyl halides is 1. The first-order chi connectivity index (χ1) is 10.1. The molecular formula is C15H13Cl2NO3. The van der Waals surface area contributed by atoms with Crippen molar-refractivity contribution in [3.05, 3.63) is 57.4 Å². The van der Waals surface area contributed by atoms with Crippen LogP contribution in [0.3, 0.4) is 0 Å². The van der Waals surface area contributed by atoms with E-state index in [0.717, 1.165) is 17.5 Å². The minimum atomic E-state index is -0.485. The SMILES string of the molecule is CCCn1c(=O)oc2cc(C(Cl)c3ccc(Cl)o3)ccc21. The Balaban J connectivity index is 2.03. The average Bonchev–Trinajstić information content (AvgIpc) is 3.02. The molecule has 1 atom stereocenters. The van der Waals surface area contributed by atoms with Gasteiger partial charge in [0.25, 0.3) is 0 Å². The van der Waals surface area contributed by atoms with E-state index in [1.807, 2.05) is 19.1 Å². The summed E-state index contributed by atoms with van der Waals surface area (Å²) in [6.07, 6.45) is 0.860. The molecule has 0 radical (unpaired) electrons. The highest BCUT2D eigenvalue weighted by molar-refractivity contribution is 6.29. The highest BCUT2D eigenvalue weighted by atomic mass is 35.5. The number of fused-ring (bicyclic) bond motifs is 1. The van der Waals surface area contributed by atoms with Gasteiger partial charge in [-0.15, -0.1) is 11.6 Å². The predicted molar refractivity (Wildman–Crippen MR) is 82.2 cm³/mol. The standard InChI is InChI=1S/C15H13Cl2NO3/c1-2-7-18-10-4-3-9(8-12(10)21-15(18)19)14(17)11-5-6-13(16)20-11/h3-6,8,14H,2,7H2,1H3. The molecule has 0 saturated heterocycles. The topological polar surface area (TPSA) is 48.3 Å². The number of furan rings is 1. The quantitative estimate of drug-likeness (QED) is 0.659. The van der Waals surface area contributed by atoms with E-state index in [9.17, 15) is 4.79 Å². The van der Waals surface area contributed by atoms with E-state index in [0.29, 0.717) is 17.9 Å². The molecule has 2 heterocycles. The number of benzene rings is 1. The number of halogens is 2. The van der Waals surface area contributed by atoms with Gasteiger partial charge in [0.1, 0.15) is 11.1 Å². The maximum Gasteiger partial charge on any atom is 0.419 e. The summed E-state index contributed by atoms with van der Waals surface area (Å²) in [6.45, 7) is 2.64. The van der Waals surface area contributed by atoms with Gasteiger partial charge in [-0.05, 0) is 47.9 Å². The van der Waals surface area contributed by atoms with Gasteiger partial charge in [-0.1, -0.05) is 13.0 Å². The maximum absolute atomic E-state index is 11.8. The van der Waals surface area contributed by atoms with E-state index in [1.54, 1.807) is 22.8 Å². The summed E-state index contributed by atoms with van der Waals surface area (Å²) in [4.78, 5) is 11.8. The molecule has 1 aromatic carbocycles. The lowest BCUT2D eigenvalue weighted by molar-refractivity contribution is 0.502. The van der Waals surface area contributed by atoms with Gasteiger partial charge in [-0.25, -0.2) is 4.79 Å². The van der Waals surface area contributed by atoms with Crippen LogP contribution < -0.4 is 5.76 Å². The maximum atomic E-state index is 11.8. The van der Waals surface area contributed by atoms with Crippen LogP contribution in [-0.4, -0.2) is 4.57 Å². The van der Waals surface area contributed by atoms with Crippen LogP contribution in [0.5, 0.6) is 0 Å². The Hall–Kier alpha value is -1.65. The third kappa shape index (κ3) is 2.61. The molecule has 0 saturated carbocycles. The largest absolute Gasteiger partial charge is 0.448 e. The van der Waals surface area contributed by atoms with Crippen LogP contribution in [0.25, 0.3) is 11.1 Å². The minimum Gasteiger partial charge on any atom is -0.448 e. The van der Waals surface area contributed by atoms with Crippen molar-refractivity contribution in [1.29, 1.82) is 0 Å². The van der Waals surface area contributed by atoms with Crippen molar-refractivity contribution in [3.8, 4) is 0 Å². The van der Waals surface area contributed by atoms with Crippen LogP contribution in [0.15, 0.2) is 44.0 Å². The molecular weight excluding hydrogens is 313 g/mol. The van der Waals surface area contributed by atoms with Crippen molar-refractivity contribution in [1.82, 2.24) is 4.57 Å². The van der Waals surface area contributed by atoms with Crippen molar-refractivity contribution in [2.45, 2.75) is 25.3 Å². The van der Waals surface area contributed by atoms with E-state index >= 15 is 0 Å². The molecule has 0 N–H and O–H groups in total. The smallest absolute Gasteiger partial charge is 0.419 e. The van der Waals surface area contributed by atoms with Gasteiger partial charge >= 0.3 is 5.76 Å². The van der Waals surface area contributed by atoms with E-state index in [4.69, 9.17) is 32.0 Å². The third-order valence-corrected chi connectivity index (χ3v) is 3.95. The fraction of sp³-hybridized carbons (Fsp3) is 0.267. The van der Waals surface area contributed by atoms with Gasteiger partial charge in [0.15, 0.2) is 10.8 Å². The van der Waals surface area contributed by atoms with Crippen LogP contribution in [0.2, 0.25) is 5.22 Å². The molecule has 2 aromatic heterocycles. The molecule has 0 aliphatic rings. The summed E-state index contributed by atoms with van der Waals surface area (Å²) < 4.78 is 12.2. The Morgan fingerprint density at radius 2 is 2.05 bits per heavy atom. The molecule has 0 aliphatic carbocycles. The fourth-order valence-corrected chi connectivity index (χ4v) is 2.71. The van der Waals surface area contributed by atoms with E-state index < -0.39 is 5.38 Å². The average molecular weight is 326 g/mol. The number of oxazole rings is 1. The van der Waals surface area contributed by atoms with Crippen molar-refractivity contribution < 1.29 is 8.83 Å². The van der Waals surface area contributed by atoms with Gasteiger partial charge in [-0.2, -0.15) is 0 Å². The van der Waals surface area contributed by atoms with Crippen molar-refractivity contribution in [2.75, 3.05) is 0 Å². The van der Waals surface area contributed by atoms with Crippen molar-refractivity contribution >= 4 is 34.3 Å². The summed E-state index contributed by atoms with van der Waals surface area (Å²) in [6, 6.07) is 8.82. The molecule has 1 unspecified atom stereocenters. The van der Waals surface area contributed by atoms with Crippen LogP contribution in [0.1, 0.15) is 30.0 Å². The van der Waals surface area contributed by atoms with Gasteiger partial charge in [-0.3, -0.25) is 4.57 Å². The van der Waals surface area contributed by atoms with Gasteiger partial charge in [0.05, 0.1) is 5.52 Å². The number of aromatic nitrogens is 1. The molecule has 21 heavy (non-hydrogen) atoms. The Bertz CT molecular complexity index is 831. The number of aryl methyl sites for hydroxylation is 1. The monoisotopic (exact) mass is 325 g/mol. The second-order valence-electron chi connectivity index (χ2n) is 4.75. The molecule has 0 spiro atoms. The number of hydrogen-bond acceptors (Lipinski definition) is 3. The van der Waals surface area contributed by atoms with Gasteiger partial charge in [0.2, 0.25) is 0 Å². The molecule has 3 aromatic rings. The predicted octanol–water partition coefficient (Wildman–Crippen LogP) is 4.58.